The summed E-state index contributed by atoms with van der Waals surface area (Å²) in [5, 5.41) is 13.0. The van der Waals surface area contributed by atoms with Gasteiger partial charge in [-0.25, -0.2) is 4.98 Å². The van der Waals surface area contributed by atoms with Gasteiger partial charge in [-0.1, -0.05) is 13.8 Å². The molecule has 0 atom stereocenters. The highest BCUT2D eigenvalue weighted by atomic mass is 79.9. The Morgan fingerprint density at radius 1 is 1.45 bits per heavy atom. The Hall–Kier alpha value is -0.980. The van der Waals surface area contributed by atoms with Crippen LogP contribution in [0.4, 0.5) is 5.82 Å². The van der Waals surface area contributed by atoms with Gasteiger partial charge in [0.25, 0.3) is 0 Å². The topological polar surface area (TPSA) is 65.5 Å². The van der Waals surface area contributed by atoms with Crippen LogP contribution in [0.3, 0.4) is 0 Å². The van der Waals surface area contributed by atoms with Gasteiger partial charge in [0.05, 0.1) is 12.1 Å². The maximum absolute atomic E-state index is 11.9. The number of nitrogens with zero attached hydrogens (tertiary/aromatic N) is 2. The van der Waals surface area contributed by atoms with E-state index in [4.69, 9.17) is 0 Å². The fraction of sp³-hybridized carbons (Fsp3) is 0.571. The van der Waals surface area contributed by atoms with Crippen molar-refractivity contribution >= 4 is 27.7 Å². The van der Waals surface area contributed by atoms with Crippen LogP contribution in [0.1, 0.15) is 26.7 Å². The molecule has 20 heavy (non-hydrogen) atoms. The number of aromatic nitrogens is 1. The predicted molar refractivity (Wildman–Crippen MR) is 83.6 cm³/mol. The minimum Gasteiger partial charge on any atom is -0.389 e. The van der Waals surface area contributed by atoms with Crippen LogP contribution in [0.5, 0.6) is 0 Å². The Balaban J connectivity index is 2.47. The van der Waals surface area contributed by atoms with Crippen molar-refractivity contribution in [2.24, 2.45) is 0 Å². The highest BCUT2D eigenvalue weighted by molar-refractivity contribution is 9.10. The molecule has 0 aliphatic heterocycles. The Labute approximate surface area is 128 Å². The van der Waals surface area contributed by atoms with Crippen molar-refractivity contribution in [2.45, 2.75) is 32.3 Å². The van der Waals surface area contributed by atoms with Crippen LogP contribution in [0.25, 0.3) is 0 Å². The minimum atomic E-state index is -0.731. The number of halogens is 1. The number of carbonyl (C=O) groups excluding carboxylic acids is 1. The van der Waals surface area contributed by atoms with Gasteiger partial charge in [-0.05, 0) is 48.0 Å². The first-order valence-electron chi connectivity index (χ1n) is 6.71. The Morgan fingerprint density at radius 3 is 2.60 bits per heavy atom. The van der Waals surface area contributed by atoms with E-state index in [1.165, 1.54) is 0 Å². The van der Waals surface area contributed by atoms with E-state index in [-0.39, 0.29) is 12.5 Å². The second-order valence-electron chi connectivity index (χ2n) is 5.01. The van der Waals surface area contributed by atoms with E-state index in [2.05, 4.69) is 26.2 Å². The monoisotopic (exact) mass is 343 g/mol. The van der Waals surface area contributed by atoms with E-state index in [1.54, 1.807) is 12.3 Å². The second-order valence-corrected chi connectivity index (χ2v) is 5.93. The third-order valence-electron chi connectivity index (χ3n) is 3.29. The lowest BCUT2D eigenvalue weighted by Gasteiger charge is -2.30. The number of anilines is 1. The quantitative estimate of drug-likeness (QED) is 0.796. The van der Waals surface area contributed by atoms with E-state index in [0.29, 0.717) is 25.2 Å². The van der Waals surface area contributed by atoms with Crippen LogP contribution in [-0.4, -0.2) is 46.6 Å². The lowest BCUT2D eigenvalue weighted by molar-refractivity contribution is -0.117. The Bertz CT molecular complexity index is 433. The summed E-state index contributed by atoms with van der Waals surface area (Å²) in [5.74, 6) is 0.379. The first kappa shape index (κ1) is 17.1. The Morgan fingerprint density at radius 2 is 2.10 bits per heavy atom. The van der Waals surface area contributed by atoms with Gasteiger partial charge in [0.2, 0.25) is 5.91 Å². The molecular formula is C14H22BrN3O2. The maximum Gasteiger partial charge on any atom is 0.239 e. The van der Waals surface area contributed by atoms with Crippen molar-refractivity contribution in [3.05, 3.63) is 22.8 Å². The molecule has 1 rings (SSSR count). The minimum absolute atomic E-state index is 0.142. The van der Waals surface area contributed by atoms with Crippen LogP contribution in [-0.2, 0) is 4.79 Å². The number of aliphatic hydroxyl groups is 1. The number of hydrogen-bond donors (Lipinski definition) is 2. The summed E-state index contributed by atoms with van der Waals surface area (Å²) < 4.78 is 0.864. The van der Waals surface area contributed by atoms with E-state index < -0.39 is 5.60 Å². The summed E-state index contributed by atoms with van der Waals surface area (Å²) in [6.45, 7) is 4.59. The first-order valence-corrected chi connectivity index (χ1v) is 7.50. The molecule has 1 aromatic heterocycles. The third-order valence-corrected chi connectivity index (χ3v) is 3.76. The number of rotatable bonds is 7. The maximum atomic E-state index is 11.9. The number of nitrogens with one attached hydrogen (secondary N) is 1. The zero-order valence-corrected chi connectivity index (χ0v) is 13.8. The standard InChI is InChI=1S/C14H22BrN3O2/c1-4-14(20,5-2)10-18(3)9-13(19)17-12-7-6-11(15)8-16-12/h6-8,20H,4-5,9-10H2,1-3H3,(H,16,17,19). The number of hydrogen-bond acceptors (Lipinski definition) is 4. The van der Waals surface area contributed by atoms with Crippen LogP contribution in [0.15, 0.2) is 22.8 Å². The number of likely N-dealkylation sites (N-methyl/N-ethyl adjacent to an activating group) is 1. The molecule has 112 valence electrons. The van der Waals surface area contributed by atoms with E-state index >= 15 is 0 Å². The lowest BCUT2D eigenvalue weighted by Crippen LogP contribution is -2.43. The second kappa shape index (κ2) is 7.71. The van der Waals surface area contributed by atoms with Crippen molar-refractivity contribution in [1.82, 2.24) is 9.88 Å². The van der Waals surface area contributed by atoms with Gasteiger partial charge in [0.1, 0.15) is 5.82 Å². The molecular weight excluding hydrogens is 322 g/mol. The molecule has 0 fully saturated rings. The summed E-state index contributed by atoms with van der Waals surface area (Å²) in [7, 11) is 1.82. The number of carbonyl (C=O) groups is 1. The molecule has 1 heterocycles. The van der Waals surface area contributed by atoms with Gasteiger partial charge in [-0.15, -0.1) is 0 Å². The van der Waals surface area contributed by atoms with Crippen LogP contribution in [0, 0.1) is 0 Å². The average molecular weight is 344 g/mol. The highest BCUT2D eigenvalue weighted by Crippen LogP contribution is 2.15. The van der Waals surface area contributed by atoms with Crippen LogP contribution in [0.2, 0.25) is 0 Å². The molecule has 0 radical (unpaired) electrons. The largest absolute Gasteiger partial charge is 0.389 e. The normalized spacial score (nSPS) is 11.7. The third kappa shape index (κ3) is 5.56. The van der Waals surface area contributed by atoms with Crippen molar-refractivity contribution in [1.29, 1.82) is 0 Å². The summed E-state index contributed by atoms with van der Waals surface area (Å²) in [6.07, 6.45) is 2.97. The molecule has 0 saturated heterocycles. The van der Waals surface area contributed by atoms with Crippen molar-refractivity contribution in [2.75, 3.05) is 25.5 Å². The molecule has 1 aromatic rings. The fourth-order valence-corrected chi connectivity index (χ4v) is 2.14. The molecule has 0 bridgehead atoms. The van der Waals surface area contributed by atoms with E-state index in [0.717, 1.165) is 4.47 Å². The molecule has 2 N–H and O–H groups in total. The van der Waals surface area contributed by atoms with E-state index in [1.807, 2.05) is 31.9 Å². The van der Waals surface area contributed by atoms with Crippen molar-refractivity contribution in [3.63, 3.8) is 0 Å². The summed E-state index contributed by atoms with van der Waals surface area (Å²) in [5.41, 5.74) is -0.731. The first-order chi connectivity index (χ1) is 9.38. The molecule has 1 amide bonds. The van der Waals surface area contributed by atoms with Crippen molar-refractivity contribution < 1.29 is 9.90 Å². The van der Waals surface area contributed by atoms with Crippen molar-refractivity contribution in [3.8, 4) is 0 Å². The average Bonchev–Trinajstić information content (AvgIpc) is 2.41. The van der Waals surface area contributed by atoms with Gasteiger partial charge in [0.15, 0.2) is 0 Å². The summed E-state index contributed by atoms with van der Waals surface area (Å²) >= 11 is 3.29. The summed E-state index contributed by atoms with van der Waals surface area (Å²) in [4.78, 5) is 17.8. The van der Waals surface area contributed by atoms with Gasteiger partial charge >= 0.3 is 0 Å². The molecule has 5 nitrogen and oxygen atoms in total. The molecule has 0 aromatic carbocycles. The molecule has 0 spiro atoms. The molecule has 0 aliphatic carbocycles. The Kier molecular flexibility index (Phi) is 6.58. The van der Waals surface area contributed by atoms with Gasteiger partial charge < -0.3 is 10.4 Å². The predicted octanol–water partition coefficient (Wildman–Crippen LogP) is 2.27. The van der Waals surface area contributed by atoms with Gasteiger partial charge in [0, 0.05) is 17.2 Å². The van der Waals surface area contributed by atoms with Gasteiger partial charge in [-0.3, -0.25) is 9.69 Å². The van der Waals surface area contributed by atoms with Crippen LogP contribution >= 0.6 is 15.9 Å². The number of amides is 1. The SMILES string of the molecule is CCC(O)(CC)CN(C)CC(=O)Nc1ccc(Br)cn1. The fourth-order valence-electron chi connectivity index (χ4n) is 1.91. The molecule has 0 aliphatic rings. The zero-order chi connectivity index (χ0) is 15.2. The number of pyridine rings is 1. The molecule has 0 unspecified atom stereocenters. The van der Waals surface area contributed by atoms with Gasteiger partial charge in [-0.2, -0.15) is 0 Å². The molecule has 0 saturated carbocycles. The lowest BCUT2D eigenvalue weighted by atomic mass is 9.97. The zero-order valence-electron chi connectivity index (χ0n) is 12.2. The van der Waals surface area contributed by atoms with Crippen LogP contribution < -0.4 is 5.32 Å². The highest BCUT2D eigenvalue weighted by Gasteiger charge is 2.24. The smallest absolute Gasteiger partial charge is 0.239 e. The molecule has 6 heteroatoms. The van der Waals surface area contributed by atoms with E-state index in [9.17, 15) is 9.90 Å². The summed E-state index contributed by atoms with van der Waals surface area (Å²) in [6, 6.07) is 3.55.